The predicted octanol–water partition coefficient (Wildman–Crippen LogP) is 4.13. The van der Waals surface area contributed by atoms with Crippen LogP contribution in [0.25, 0.3) is 0 Å². The highest BCUT2D eigenvalue weighted by molar-refractivity contribution is 7.86. The number of halogens is 2. The highest BCUT2D eigenvalue weighted by Crippen LogP contribution is 2.19. The molecule has 0 aliphatic rings. The van der Waals surface area contributed by atoms with Crippen molar-refractivity contribution in [2.45, 2.75) is 13.1 Å². The maximum atomic E-state index is 13.9. The number of rotatable bonds is 7. The van der Waals surface area contributed by atoms with Crippen LogP contribution in [-0.4, -0.2) is 25.6 Å². The van der Waals surface area contributed by atoms with Crippen LogP contribution in [0.1, 0.15) is 11.3 Å². The summed E-state index contributed by atoms with van der Waals surface area (Å²) in [6, 6.07) is 11.7. The summed E-state index contributed by atoms with van der Waals surface area (Å²) in [5.74, 6) is -1.02. The molecule has 0 bridgehead atoms. The van der Waals surface area contributed by atoms with Crippen molar-refractivity contribution in [3.05, 3.63) is 83.8 Å². The molecule has 2 amide bonds. The van der Waals surface area contributed by atoms with Gasteiger partial charge in [-0.05, 0) is 42.0 Å². The van der Waals surface area contributed by atoms with Crippen molar-refractivity contribution < 1.29 is 30.6 Å². The molecular formula is C20H18F2N2O5S. The Balaban J connectivity index is 1.77. The predicted molar refractivity (Wildman–Crippen MR) is 105 cm³/mol. The van der Waals surface area contributed by atoms with Gasteiger partial charge in [-0.25, -0.2) is 13.6 Å². The molecule has 0 saturated carbocycles. The average molecular weight is 436 g/mol. The Morgan fingerprint density at radius 2 is 1.83 bits per heavy atom. The van der Waals surface area contributed by atoms with Crippen LogP contribution in [0.3, 0.4) is 0 Å². The van der Waals surface area contributed by atoms with E-state index in [1.54, 1.807) is 24.3 Å². The van der Waals surface area contributed by atoms with Crippen LogP contribution in [0.5, 0.6) is 5.75 Å². The smallest absolute Gasteiger partial charge is 0.322 e. The lowest BCUT2D eigenvalue weighted by molar-refractivity contribution is 0.201. The van der Waals surface area contributed by atoms with Crippen molar-refractivity contribution in [1.29, 1.82) is 0 Å². The first kappa shape index (κ1) is 21.3. The van der Waals surface area contributed by atoms with E-state index in [4.69, 9.17) is 8.60 Å². The van der Waals surface area contributed by atoms with E-state index in [1.165, 1.54) is 23.3 Å². The molecule has 7 nitrogen and oxygen atoms in total. The lowest BCUT2D eigenvalue weighted by atomic mass is 10.2. The van der Waals surface area contributed by atoms with E-state index in [0.717, 1.165) is 18.4 Å². The van der Waals surface area contributed by atoms with E-state index >= 15 is 0 Å². The lowest BCUT2D eigenvalue weighted by Gasteiger charge is -2.22. The summed E-state index contributed by atoms with van der Waals surface area (Å²) in [6.07, 6.45) is 2.40. The van der Waals surface area contributed by atoms with Crippen molar-refractivity contribution in [3.63, 3.8) is 0 Å². The summed E-state index contributed by atoms with van der Waals surface area (Å²) >= 11 is 0. The molecule has 1 N–H and O–H groups in total. The first-order valence-corrected chi connectivity index (χ1v) is 10.5. The number of furan rings is 1. The third-order valence-electron chi connectivity index (χ3n) is 3.93. The Morgan fingerprint density at radius 3 is 2.43 bits per heavy atom. The Kier molecular flexibility index (Phi) is 6.36. The summed E-state index contributed by atoms with van der Waals surface area (Å²) < 4.78 is 59.5. The Morgan fingerprint density at radius 1 is 1.10 bits per heavy atom. The molecule has 0 unspecified atom stereocenters. The fourth-order valence-electron chi connectivity index (χ4n) is 2.62. The van der Waals surface area contributed by atoms with Crippen LogP contribution >= 0.6 is 0 Å². The third-order valence-corrected chi connectivity index (χ3v) is 4.43. The molecule has 0 aliphatic carbocycles. The highest BCUT2D eigenvalue weighted by atomic mass is 32.2. The minimum atomic E-state index is -3.65. The van der Waals surface area contributed by atoms with Gasteiger partial charge in [-0.15, -0.1) is 0 Å². The summed E-state index contributed by atoms with van der Waals surface area (Å²) in [5, 5.41) is 2.41. The number of urea groups is 1. The van der Waals surface area contributed by atoms with Gasteiger partial charge < -0.3 is 18.8 Å². The topological polar surface area (TPSA) is 88.9 Å². The van der Waals surface area contributed by atoms with Crippen LogP contribution in [0.2, 0.25) is 0 Å². The molecular weight excluding hydrogens is 418 g/mol. The van der Waals surface area contributed by atoms with Crippen LogP contribution in [-0.2, 0) is 23.2 Å². The maximum absolute atomic E-state index is 13.9. The monoisotopic (exact) mass is 436 g/mol. The van der Waals surface area contributed by atoms with E-state index in [2.05, 4.69) is 5.32 Å². The number of anilines is 1. The summed E-state index contributed by atoms with van der Waals surface area (Å²) in [5.41, 5.74) is 0.500. The molecule has 2 aromatic carbocycles. The second kappa shape index (κ2) is 8.95. The van der Waals surface area contributed by atoms with Crippen molar-refractivity contribution in [3.8, 4) is 5.75 Å². The van der Waals surface area contributed by atoms with E-state index < -0.39 is 27.8 Å². The molecule has 0 spiro atoms. The molecule has 1 aromatic heterocycles. The minimum Gasteiger partial charge on any atom is -0.467 e. The second-order valence-electron chi connectivity index (χ2n) is 6.42. The molecule has 10 heteroatoms. The molecule has 1 heterocycles. The van der Waals surface area contributed by atoms with Crippen LogP contribution in [0, 0.1) is 11.6 Å². The first-order valence-electron chi connectivity index (χ1n) is 8.71. The van der Waals surface area contributed by atoms with Gasteiger partial charge in [0.05, 0.1) is 24.8 Å². The minimum absolute atomic E-state index is 0.0865. The Bertz CT molecular complexity index is 1120. The SMILES string of the molecule is CS(=O)(=O)Oc1ccc(CN(Cc2ccco2)C(=O)Nc2ccc(F)cc2F)cc1. The van der Waals surface area contributed by atoms with Gasteiger partial charge >= 0.3 is 16.1 Å². The quantitative estimate of drug-likeness (QED) is 0.563. The number of nitrogens with one attached hydrogen (secondary N) is 1. The number of nitrogens with zero attached hydrogens (tertiary/aromatic N) is 1. The molecule has 0 aliphatic heterocycles. The standard InChI is InChI=1S/C20H18F2N2O5S/c1-30(26,27)29-16-7-4-14(5-8-16)12-24(13-17-3-2-10-28-17)20(25)23-19-9-6-15(21)11-18(19)22/h2-11H,12-13H2,1H3,(H,23,25). The average Bonchev–Trinajstić information content (AvgIpc) is 3.17. The zero-order valence-corrected chi connectivity index (χ0v) is 16.7. The molecule has 3 aromatic rings. The molecule has 30 heavy (non-hydrogen) atoms. The summed E-state index contributed by atoms with van der Waals surface area (Å²) in [7, 11) is -3.65. The van der Waals surface area contributed by atoms with Crippen LogP contribution in [0.4, 0.5) is 19.3 Å². The van der Waals surface area contributed by atoms with Crippen LogP contribution in [0.15, 0.2) is 65.3 Å². The van der Waals surface area contributed by atoms with Crippen molar-refractivity contribution >= 4 is 21.8 Å². The van der Waals surface area contributed by atoms with Gasteiger partial charge in [0.1, 0.15) is 23.1 Å². The third kappa shape index (κ3) is 6.05. The number of hydrogen-bond donors (Lipinski definition) is 1. The summed E-state index contributed by atoms with van der Waals surface area (Å²) in [6.45, 7) is 0.192. The molecule has 0 fully saturated rings. The second-order valence-corrected chi connectivity index (χ2v) is 8.00. The number of hydrogen-bond acceptors (Lipinski definition) is 5. The van der Waals surface area contributed by atoms with Gasteiger partial charge in [0, 0.05) is 12.6 Å². The van der Waals surface area contributed by atoms with E-state index in [-0.39, 0.29) is 24.5 Å². The fourth-order valence-corrected chi connectivity index (χ4v) is 3.08. The zero-order chi connectivity index (χ0) is 21.7. The van der Waals surface area contributed by atoms with E-state index in [0.29, 0.717) is 17.4 Å². The van der Waals surface area contributed by atoms with Gasteiger partial charge in [0.2, 0.25) is 0 Å². The highest BCUT2D eigenvalue weighted by Gasteiger charge is 2.18. The number of carbonyl (C=O) groups is 1. The van der Waals surface area contributed by atoms with Gasteiger partial charge in [-0.3, -0.25) is 0 Å². The largest absolute Gasteiger partial charge is 0.467 e. The fraction of sp³-hybridized carbons (Fsp3) is 0.150. The Hall–Kier alpha value is -3.40. The van der Waals surface area contributed by atoms with Gasteiger partial charge in [-0.1, -0.05) is 12.1 Å². The Labute approximate surface area is 172 Å². The van der Waals surface area contributed by atoms with Crippen molar-refractivity contribution in [2.24, 2.45) is 0 Å². The van der Waals surface area contributed by atoms with Crippen molar-refractivity contribution in [1.82, 2.24) is 4.90 Å². The van der Waals surface area contributed by atoms with Gasteiger partial charge in [0.25, 0.3) is 0 Å². The molecule has 158 valence electrons. The van der Waals surface area contributed by atoms with E-state index in [9.17, 15) is 22.0 Å². The zero-order valence-electron chi connectivity index (χ0n) is 15.8. The van der Waals surface area contributed by atoms with Gasteiger partial charge in [0.15, 0.2) is 0 Å². The molecule has 0 radical (unpaired) electrons. The molecule has 3 rings (SSSR count). The van der Waals surface area contributed by atoms with Crippen molar-refractivity contribution in [2.75, 3.05) is 11.6 Å². The molecule has 0 atom stereocenters. The van der Waals surface area contributed by atoms with Gasteiger partial charge in [-0.2, -0.15) is 8.42 Å². The number of benzene rings is 2. The maximum Gasteiger partial charge on any atom is 0.322 e. The van der Waals surface area contributed by atoms with E-state index in [1.807, 2.05) is 0 Å². The first-order chi connectivity index (χ1) is 14.2. The normalized spacial score (nSPS) is 11.2. The summed E-state index contributed by atoms with van der Waals surface area (Å²) in [4.78, 5) is 14.1. The molecule has 0 saturated heterocycles. The number of carbonyl (C=O) groups excluding carboxylic acids is 1. The lowest BCUT2D eigenvalue weighted by Crippen LogP contribution is -2.34. The number of amides is 2. The van der Waals surface area contributed by atoms with Crippen LogP contribution < -0.4 is 9.50 Å².